The van der Waals surface area contributed by atoms with Crippen LogP contribution in [-0.4, -0.2) is 25.8 Å². The Morgan fingerprint density at radius 2 is 2.20 bits per heavy atom. The highest BCUT2D eigenvalue weighted by molar-refractivity contribution is 5.85. The van der Waals surface area contributed by atoms with Gasteiger partial charge >= 0.3 is 5.97 Å². The fourth-order valence-electron chi connectivity index (χ4n) is 1.33. The average Bonchev–Trinajstić information content (AvgIpc) is 2.65. The average molecular weight is 203 g/mol. The number of aromatic nitrogens is 3. The van der Waals surface area contributed by atoms with Crippen LogP contribution in [-0.2, 0) is 7.05 Å². The van der Waals surface area contributed by atoms with E-state index in [2.05, 4.69) is 10.1 Å². The highest BCUT2D eigenvalue weighted by Crippen LogP contribution is 2.16. The second-order valence-corrected chi connectivity index (χ2v) is 3.08. The first-order chi connectivity index (χ1) is 7.18. The third-order valence-corrected chi connectivity index (χ3v) is 2.10. The molecule has 0 aliphatic heterocycles. The number of carbonyl (C=O) groups is 1. The summed E-state index contributed by atoms with van der Waals surface area (Å²) in [6, 6.07) is 5.04. The molecule has 15 heavy (non-hydrogen) atoms. The molecule has 76 valence electrons. The standard InChI is InChI=1S/C10H9N3O2/c1-13-9(4-5-12-13)7-2-3-8(10(14)15)11-6-7/h2-6H,1H3,(H,14,15). The van der Waals surface area contributed by atoms with Crippen molar-refractivity contribution < 1.29 is 9.90 Å². The maximum atomic E-state index is 10.6. The van der Waals surface area contributed by atoms with Crippen molar-refractivity contribution in [3.05, 3.63) is 36.3 Å². The van der Waals surface area contributed by atoms with E-state index in [-0.39, 0.29) is 5.69 Å². The Kier molecular flexibility index (Phi) is 2.21. The largest absolute Gasteiger partial charge is 0.477 e. The number of aromatic carboxylic acids is 1. The predicted octanol–water partition coefficient (Wildman–Crippen LogP) is 1.18. The molecule has 0 atom stereocenters. The van der Waals surface area contributed by atoms with Gasteiger partial charge in [-0.05, 0) is 18.2 Å². The normalized spacial score (nSPS) is 10.2. The van der Waals surface area contributed by atoms with E-state index in [0.29, 0.717) is 0 Å². The Bertz CT molecular complexity index is 488. The van der Waals surface area contributed by atoms with Crippen molar-refractivity contribution in [1.82, 2.24) is 14.8 Å². The van der Waals surface area contributed by atoms with Crippen LogP contribution in [0.1, 0.15) is 10.5 Å². The molecular formula is C10H9N3O2. The van der Waals surface area contributed by atoms with Crippen molar-refractivity contribution in [3.8, 4) is 11.3 Å². The van der Waals surface area contributed by atoms with Gasteiger partial charge in [-0.3, -0.25) is 4.68 Å². The van der Waals surface area contributed by atoms with E-state index in [9.17, 15) is 4.79 Å². The molecule has 2 heterocycles. The van der Waals surface area contributed by atoms with E-state index in [1.807, 2.05) is 13.1 Å². The highest BCUT2D eigenvalue weighted by Gasteiger charge is 2.06. The number of nitrogens with zero attached hydrogens (tertiary/aromatic N) is 3. The van der Waals surface area contributed by atoms with Crippen molar-refractivity contribution >= 4 is 5.97 Å². The first-order valence-corrected chi connectivity index (χ1v) is 4.36. The predicted molar refractivity (Wildman–Crippen MR) is 53.4 cm³/mol. The van der Waals surface area contributed by atoms with Crippen molar-refractivity contribution in [3.63, 3.8) is 0 Å². The van der Waals surface area contributed by atoms with Crippen molar-refractivity contribution in [2.75, 3.05) is 0 Å². The Labute approximate surface area is 86.0 Å². The van der Waals surface area contributed by atoms with Gasteiger partial charge in [0.2, 0.25) is 0 Å². The lowest BCUT2D eigenvalue weighted by atomic mass is 10.2. The van der Waals surface area contributed by atoms with Crippen molar-refractivity contribution in [1.29, 1.82) is 0 Å². The van der Waals surface area contributed by atoms with Gasteiger partial charge in [0.1, 0.15) is 5.69 Å². The zero-order valence-corrected chi connectivity index (χ0v) is 8.08. The lowest BCUT2D eigenvalue weighted by Gasteiger charge is -2.01. The Morgan fingerprint density at radius 1 is 1.40 bits per heavy atom. The summed E-state index contributed by atoms with van der Waals surface area (Å²) in [5.41, 5.74) is 1.79. The molecule has 2 rings (SSSR count). The Morgan fingerprint density at radius 3 is 2.67 bits per heavy atom. The number of aryl methyl sites for hydroxylation is 1. The fraction of sp³-hybridized carbons (Fsp3) is 0.100. The van der Waals surface area contributed by atoms with Crippen LogP contribution in [0.25, 0.3) is 11.3 Å². The minimum absolute atomic E-state index is 0.0425. The first-order valence-electron chi connectivity index (χ1n) is 4.36. The van der Waals surface area contributed by atoms with E-state index in [0.717, 1.165) is 11.3 Å². The molecule has 0 fully saturated rings. The number of carboxylic acids is 1. The van der Waals surface area contributed by atoms with E-state index < -0.39 is 5.97 Å². The van der Waals surface area contributed by atoms with E-state index in [4.69, 9.17) is 5.11 Å². The van der Waals surface area contributed by atoms with Gasteiger partial charge in [0, 0.05) is 25.0 Å². The summed E-state index contributed by atoms with van der Waals surface area (Å²) >= 11 is 0. The van der Waals surface area contributed by atoms with Gasteiger partial charge in [-0.2, -0.15) is 5.10 Å². The maximum Gasteiger partial charge on any atom is 0.354 e. The van der Waals surface area contributed by atoms with Gasteiger partial charge in [0.05, 0.1) is 5.69 Å². The van der Waals surface area contributed by atoms with Gasteiger partial charge in [-0.25, -0.2) is 9.78 Å². The van der Waals surface area contributed by atoms with Crippen LogP contribution < -0.4 is 0 Å². The number of carboxylic acid groups (broad SMARTS) is 1. The Balaban J connectivity index is 2.40. The molecule has 1 N–H and O–H groups in total. The van der Waals surface area contributed by atoms with Crippen molar-refractivity contribution in [2.24, 2.45) is 7.05 Å². The summed E-state index contributed by atoms with van der Waals surface area (Å²) in [4.78, 5) is 14.4. The summed E-state index contributed by atoms with van der Waals surface area (Å²) in [6.07, 6.45) is 3.21. The zero-order chi connectivity index (χ0) is 10.8. The lowest BCUT2D eigenvalue weighted by Crippen LogP contribution is -2.00. The van der Waals surface area contributed by atoms with Gasteiger partial charge in [-0.15, -0.1) is 0 Å². The molecule has 0 aliphatic rings. The SMILES string of the molecule is Cn1nccc1-c1ccc(C(=O)O)nc1. The first kappa shape index (κ1) is 9.39. The molecule has 5 nitrogen and oxygen atoms in total. The van der Waals surface area contributed by atoms with Crippen LogP contribution in [0.2, 0.25) is 0 Å². The second kappa shape index (κ2) is 3.53. The summed E-state index contributed by atoms with van der Waals surface area (Å²) in [5.74, 6) is -1.02. The molecule has 0 saturated heterocycles. The highest BCUT2D eigenvalue weighted by atomic mass is 16.4. The molecule has 2 aromatic heterocycles. The van der Waals surface area contributed by atoms with Crippen LogP contribution in [0.5, 0.6) is 0 Å². The molecular weight excluding hydrogens is 194 g/mol. The number of pyridine rings is 1. The summed E-state index contributed by atoms with van der Waals surface area (Å²) < 4.78 is 1.71. The smallest absolute Gasteiger partial charge is 0.354 e. The second-order valence-electron chi connectivity index (χ2n) is 3.08. The quantitative estimate of drug-likeness (QED) is 0.795. The minimum Gasteiger partial charge on any atom is -0.477 e. The van der Waals surface area contributed by atoms with Crippen LogP contribution >= 0.6 is 0 Å². The zero-order valence-electron chi connectivity index (χ0n) is 8.08. The third-order valence-electron chi connectivity index (χ3n) is 2.10. The topological polar surface area (TPSA) is 68.0 Å². The number of hydrogen-bond acceptors (Lipinski definition) is 3. The van der Waals surface area contributed by atoms with E-state index >= 15 is 0 Å². The van der Waals surface area contributed by atoms with Crippen molar-refractivity contribution in [2.45, 2.75) is 0 Å². The van der Waals surface area contributed by atoms with Gasteiger partial charge in [0.15, 0.2) is 0 Å². The summed E-state index contributed by atoms with van der Waals surface area (Å²) in [6.45, 7) is 0. The number of rotatable bonds is 2. The molecule has 0 aliphatic carbocycles. The van der Waals surface area contributed by atoms with Crippen LogP contribution in [0.3, 0.4) is 0 Å². The number of hydrogen-bond donors (Lipinski definition) is 1. The van der Waals surface area contributed by atoms with Crippen LogP contribution in [0, 0.1) is 0 Å². The molecule has 2 aromatic rings. The molecule has 0 aromatic carbocycles. The molecule has 0 amide bonds. The van der Waals surface area contributed by atoms with E-state index in [1.165, 1.54) is 12.3 Å². The lowest BCUT2D eigenvalue weighted by molar-refractivity contribution is 0.0690. The fourth-order valence-corrected chi connectivity index (χ4v) is 1.33. The van der Waals surface area contributed by atoms with Gasteiger partial charge in [-0.1, -0.05) is 0 Å². The summed E-state index contributed by atoms with van der Waals surface area (Å²) in [7, 11) is 1.82. The molecule has 0 spiro atoms. The molecule has 0 radical (unpaired) electrons. The molecule has 0 unspecified atom stereocenters. The van der Waals surface area contributed by atoms with Crippen LogP contribution in [0.15, 0.2) is 30.6 Å². The van der Waals surface area contributed by atoms with Crippen LogP contribution in [0.4, 0.5) is 0 Å². The molecule has 0 bridgehead atoms. The molecule has 0 saturated carbocycles. The third kappa shape index (κ3) is 1.71. The van der Waals surface area contributed by atoms with Gasteiger partial charge < -0.3 is 5.11 Å². The van der Waals surface area contributed by atoms with Gasteiger partial charge in [0.25, 0.3) is 0 Å². The Hall–Kier alpha value is -2.17. The molecule has 5 heteroatoms. The minimum atomic E-state index is -1.02. The van der Waals surface area contributed by atoms with E-state index in [1.54, 1.807) is 16.9 Å². The maximum absolute atomic E-state index is 10.6. The summed E-state index contributed by atoms with van der Waals surface area (Å²) in [5, 5.41) is 12.7. The monoisotopic (exact) mass is 203 g/mol.